The number of likely N-dealkylation sites (tertiary alicyclic amines) is 1. The molecule has 27 heteroatoms. The number of carbonyl (C=O) groups is 11. The first-order valence-electron chi connectivity index (χ1n) is 22.7. The van der Waals surface area contributed by atoms with Gasteiger partial charge in [0.05, 0.1) is 12.5 Å². The summed E-state index contributed by atoms with van der Waals surface area (Å²) in [7, 11) is 0. The van der Waals surface area contributed by atoms with Crippen molar-refractivity contribution < 1.29 is 63.0 Å². The summed E-state index contributed by atoms with van der Waals surface area (Å²) < 4.78 is 0. The number of phenolic OH excluding ortho intramolecular Hbond substituents is 1. The fraction of sp³-hybridized carbons (Fsp3) is 0.605. The second-order valence-corrected chi connectivity index (χ2v) is 17.5. The van der Waals surface area contributed by atoms with Gasteiger partial charge in [0.1, 0.15) is 54.6 Å². The number of nitrogens with zero attached hydrogens (tertiary/aromatic N) is 1. The largest absolute Gasteiger partial charge is 0.508 e. The first-order valence-corrected chi connectivity index (χ1v) is 24.0. The van der Waals surface area contributed by atoms with Crippen molar-refractivity contribution in [1.29, 1.82) is 0 Å². The Kier molecular flexibility index (Phi) is 26.0. The van der Waals surface area contributed by atoms with Crippen molar-refractivity contribution >= 4 is 90.3 Å². The highest BCUT2D eigenvalue weighted by Crippen LogP contribution is 2.20. The Labute approximate surface area is 416 Å². The Balaban J connectivity index is 2.34. The topological polar surface area (TPSA) is 420 Å². The van der Waals surface area contributed by atoms with Gasteiger partial charge in [-0.25, -0.2) is 0 Å². The van der Waals surface area contributed by atoms with Crippen LogP contribution in [0.2, 0.25) is 0 Å². The molecule has 2 rings (SSSR count). The van der Waals surface area contributed by atoms with Crippen LogP contribution in [0.5, 0.6) is 5.75 Å². The van der Waals surface area contributed by atoms with Crippen LogP contribution in [-0.2, 0) is 59.2 Å². The number of rotatable bonds is 31. The summed E-state index contributed by atoms with van der Waals surface area (Å²) in [6, 6.07) is -5.05. The Hall–Kier alpha value is -6.19. The Morgan fingerprint density at radius 1 is 0.729 bits per heavy atom. The molecule has 17 N–H and O–H groups in total. The summed E-state index contributed by atoms with van der Waals surface area (Å²) in [6.45, 7) is 3.01. The molecule has 9 atom stereocenters. The molecule has 25 nitrogen and oxygen atoms in total. The molecule has 1 heterocycles. The van der Waals surface area contributed by atoms with Crippen LogP contribution in [-0.4, -0.2) is 160 Å². The quantitative estimate of drug-likeness (QED) is 0.0246. The molecule has 0 unspecified atom stereocenters. The maximum atomic E-state index is 14.1. The maximum Gasteiger partial charge on any atom is 0.322 e. The Bertz CT molecular complexity index is 2020. The molecule has 1 fully saturated rings. The van der Waals surface area contributed by atoms with Gasteiger partial charge in [-0.1, -0.05) is 32.4 Å². The van der Waals surface area contributed by atoms with Crippen molar-refractivity contribution in [2.75, 3.05) is 31.1 Å². The van der Waals surface area contributed by atoms with Crippen molar-refractivity contribution in [3.05, 3.63) is 29.8 Å². The average molecular weight is 1030 g/mol. The zero-order valence-corrected chi connectivity index (χ0v) is 40.9. The molecule has 70 heavy (non-hydrogen) atoms. The Morgan fingerprint density at radius 2 is 1.31 bits per heavy atom. The van der Waals surface area contributed by atoms with E-state index >= 15 is 0 Å². The smallest absolute Gasteiger partial charge is 0.322 e. The Morgan fingerprint density at radius 3 is 1.89 bits per heavy atom. The van der Waals surface area contributed by atoms with Gasteiger partial charge in [-0.15, -0.1) is 0 Å². The summed E-state index contributed by atoms with van der Waals surface area (Å²) in [5.41, 5.74) is 22.8. The monoisotopic (exact) mass is 1020 g/mol. The van der Waals surface area contributed by atoms with Gasteiger partial charge in [0.25, 0.3) is 0 Å². The molecule has 1 aromatic rings. The van der Waals surface area contributed by atoms with E-state index in [9.17, 15) is 57.8 Å². The number of amides is 10. The van der Waals surface area contributed by atoms with Crippen molar-refractivity contribution in [2.24, 2.45) is 28.9 Å². The molecular weight excluding hydrogens is 957 g/mol. The highest BCUT2D eigenvalue weighted by Gasteiger charge is 2.40. The van der Waals surface area contributed by atoms with E-state index in [0.717, 1.165) is 0 Å². The van der Waals surface area contributed by atoms with Gasteiger partial charge in [0, 0.05) is 30.9 Å². The number of thiol groups is 2. The van der Waals surface area contributed by atoms with Crippen LogP contribution in [0.4, 0.5) is 0 Å². The fourth-order valence-electron chi connectivity index (χ4n) is 7.17. The van der Waals surface area contributed by atoms with E-state index in [1.807, 2.05) is 0 Å². The molecule has 0 aromatic heterocycles. The van der Waals surface area contributed by atoms with Crippen molar-refractivity contribution in [3.63, 3.8) is 0 Å². The molecule has 0 aliphatic carbocycles. The maximum absolute atomic E-state index is 14.1. The number of hydrogen-bond acceptors (Lipinski definition) is 16. The highest BCUT2D eigenvalue weighted by molar-refractivity contribution is 7.80. The van der Waals surface area contributed by atoms with Gasteiger partial charge in [-0.2, -0.15) is 25.3 Å². The van der Waals surface area contributed by atoms with Crippen LogP contribution in [0, 0.1) is 5.92 Å². The molecule has 0 bridgehead atoms. The number of primary amides is 2. The van der Waals surface area contributed by atoms with Gasteiger partial charge in [-0.05, 0) is 68.7 Å². The number of carboxylic acids is 1. The normalized spacial score (nSPS) is 16.6. The SMILES string of the molecule is CC[C@H](C)[C@H](NC(=O)[C@H](Cc1ccc(O)cc1)NC(=O)[C@@H](N)CS)C(=O)N[C@@H](CCC(N)=O)C(=O)N[C@@H](CC(N)=O)C(=O)N[C@@H](CS)C(=O)N1CCC[C@H]1C(=O)N[C@@H](CCCCN)C(=O)NCC(=O)O. The molecular formula is C43H68N12O13S2. The molecule has 390 valence electrons. The van der Waals surface area contributed by atoms with E-state index in [1.54, 1.807) is 13.8 Å². The van der Waals surface area contributed by atoms with Crippen LogP contribution in [0.3, 0.4) is 0 Å². The van der Waals surface area contributed by atoms with Crippen LogP contribution in [0.15, 0.2) is 24.3 Å². The third-order valence-electron chi connectivity index (χ3n) is 11.3. The van der Waals surface area contributed by atoms with Gasteiger partial charge < -0.3 is 75.3 Å². The number of phenols is 1. The predicted molar refractivity (Wildman–Crippen MR) is 259 cm³/mol. The molecule has 1 aliphatic rings. The van der Waals surface area contributed by atoms with E-state index in [2.05, 4.69) is 62.5 Å². The minimum Gasteiger partial charge on any atom is -0.508 e. The second-order valence-electron chi connectivity index (χ2n) is 16.8. The lowest BCUT2D eigenvalue weighted by Crippen LogP contribution is -2.61. The lowest BCUT2D eigenvalue weighted by molar-refractivity contribution is -0.142. The van der Waals surface area contributed by atoms with Crippen LogP contribution >= 0.6 is 25.3 Å². The number of carbonyl (C=O) groups excluding carboxylic acids is 10. The van der Waals surface area contributed by atoms with Gasteiger partial charge >= 0.3 is 5.97 Å². The second kappa shape index (κ2) is 30.4. The molecule has 1 aromatic carbocycles. The molecule has 10 amide bonds. The molecule has 0 saturated carbocycles. The third kappa shape index (κ3) is 20.0. The fourth-order valence-corrected chi connectivity index (χ4v) is 7.58. The summed E-state index contributed by atoms with van der Waals surface area (Å²) in [5, 5.41) is 36.0. The summed E-state index contributed by atoms with van der Waals surface area (Å²) in [5.74, 6) is -11.2. The van der Waals surface area contributed by atoms with Crippen molar-refractivity contribution in [3.8, 4) is 5.75 Å². The number of aromatic hydroxyl groups is 1. The van der Waals surface area contributed by atoms with E-state index in [-0.39, 0.29) is 43.1 Å². The zero-order chi connectivity index (χ0) is 52.7. The summed E-state index contributed by atoms with van der Waals surface area (Å²) in [6.07, 6.45) is 0.0799. The third-order valence-corrected chi connectivity index (χ3v) is 12.1. The van der Waals surface area contributed by atoms with E-state index < -0.39 is 145 Å². The van der Waals surface area contributed by atoms with Crippen LogP contribution in [0.1, 0.15) is 77.2 Å². The highest BCUT2D eigenvalue weighted by atomic mass is 32.1. The van der Waals surface area contributed by atoms with Crippen molar-refractivity contribution in [1.82, 2.24) is 42.1 Å². The van der Waals surface area contributed by atoms with Crippen LogP contribution in [0.25, 0.3) is 0 Å². The first-order chi connectivity index (χ1) is 33.1. The number of nitrogens with one attached hydrogen (secondary N) is 7. The number of carboxylic acid groups (broad SMARTS) is 1. The number of unbranched alkanes of at least 4 members (excludes halogenated alkanes) is 1. The van der Waals surface area contributed by atoms with Gasteiger partial charge in [-0.3, -0.25) is 52.7 Å². The van der Waals surface area contributed by atoms with E-state index in [0.29, 0.717) is 37.8 Å². The molecule has 0 spiro atoms. The number of benzene rings is 1. The summed E-state index contributed by atoms with van der Waals surface area (Å²) >= 11 is 8.27. The van der Waals surface area contributed by atoms with Crippen molar-refractivity contribution in [2.45, 2.75) is 126 Å². The number of aliphatic carboxylic acids is 1. The molecule has 1 saturated heterocycles. The van der Waals surface area contributed by atoms with E-state index in [1.165, 1.54) is 29.2 Å². The summed E-state index contributed by atoms with van der Waals surface area (Å²) in [4.78, 5) is 145. The number of nitrogens with two attached hydrogens (primary N) is 4. The molecule has 1 aliphatic heterocycles. The predicted octanol–water partition coefficient (Wildman–Crippen LogP) is -4.46. The zero-order valence-electron chi connectivity index (χ0n) is 39.1. The lowest BCUT2D eigenvalue weighted by Gasteiger charge is -2.30. The van der Waals surface area contributed by atoms with Gasteiger partial charge in [0.2, 0.25) is 59.1 Å². The average Bonchev–Trinajstić information content (AvgIpc) is 3.82. The first kappa shape index (κ1) is 59.9. The standard InChI is InChI=1S/C43H68N12O13S2/c1-3-22(2)35(54-40(65)28(51-36(61)25(45)20-69)17-23-9-11-24(56)12-10-23)42(67)50-27(13-14-32(46)57)38(63)52-29(18-33(47)58)39(64)53-30(21-70)43(68)55-16-6-8-31(55)41(66)49-26(7-4-5-15-44)37(62)48-19-34(59)60/h9-12,22,25-31,35,56,69-70H,3-8,13-21,44-45H2,1-2H3,(H2,46,57)(H2,47,58)(H,48,62)(H,49,66)(H,50,67)(H,51,61)(H,52,63)(H,53,64)(H,54,65)(H,59,60)/t22-,25-,26-,27-,28-,29-,30-,31-,35-/m0/s1. The van der Waals surface area contributed by atoms with E-state index in [4.69, 9.17) is 28.0 Å². The van der Waals surface area contributed by atoms with Crippen LogP contribution < -0.4 is 60.2 Å². The minimum atomic E-state index is -1.78. The minimum absolute atomic E-state index is 0.0465. The lowest BCUT2D eigenvalue weighted by atomic mass is 9.96. The number of hydrogen-bond donors (Lipinski definition) is 15. The molecule has 0 radical (unpaired) electrons. The van der Waals surface area contributed by atoms with Gasteiger partial charge in [0.15, 0.2) is 0 Å².